The lowest BCUT2D eigenvalue weighted by molar-refractivity contribution is -0.141. The van der Waals surface area contributed by atoms with Gasteiger partial charge in [-0.05, 0) is 76.3 Å². The fourth-order valence-corrected chi connectivity index (χ4v) is 8.35. The predicted octanol–water partition coefficient (Wildman–Crippen LogP) is 3.01. The van der Waals surface area contributed by atoms with Gasteiger partial charge in [0.2, 0.25) is 5.91 Å². The Bertz CT molecular complexity index is 2500. The van der Waals surface area contributed by atoms with Crippen molar-refractivity contribution in [3.05, 3.63) is 84.4 Å². The molecule has 3 aromatic rings. The molecule has 0 aromatic carbocycles. The molecular weight excluding hydrogens is 875 g/mol. The quantitative estimate of drug-likeness (QED) is 0.0786. The minimum absolute atomic E-state index is 0.0302. The van der Waals surface area contributed by atoms with Crippen LogP contribution >= 0.6 is 0 Å². The summed E-state index contributed by atoms with van der Waals surface area (Å²) in [6.07, 6.45) is 3.70. The molecule has 0 aliphatic carbocycles. The summed E-state index contributed by atoms with van der Waals surface area (Å²) in [6, 6.07) is 0. The molecule has 2 aliphatic rings. The van der Waals surface area contributed by atoms with Gasteiger partial charge in [-0.25, -0.2) is 0 Å². The Balaban J connectivity index is 1.72. The molecule has 0 spiro atoms. The minimum atomic E-state index is -0.582. The number of H-pyrrole nitrogens is 3. The van der Waals surface area contributed by atoms with Crippen LogP contribution in [0.5, 0.6) is 0 Å². The molecule has 20 nitrogen and oxygen atoms in total. The number of methoxy groups -OCH3 is 7. The van der Waals surface area contributed by atoms with E-state index in [0.29, 0.717) is 67.6 Å². The van der Waals surface area contributed by atoms with Gasteiger partial charge in [0.1, 0.15) is 0 Å². The van der Waals surface area contributed by atoms with Gasteiger partial charge in [0.05, 0.1) is 87.7 Å². The van der Waals surface area contributed by atoms with Gasteiger partial charge in [0.15, 0.2) is 0 Å². The van der Waals surface area contributed by atoms with E-state index in [1.807, 2.05) is 0 Å². The van der Waals surface area contributed by atoms with Gasteiger partial charge in [-0.15, -0.1) is 0 Å². The van der Waals surface area contributed by atoms with Crippen molar-refractivity contribution in [2.24, 2.45) is 4.99 Å². The number of aromatic amines is 3. The number of allylic oxidation sites excluding steroid dienone is 2. The Kier molecular flexibility index (Phi) is 18.0. The van der Waals surface area contributed by atoms with E-state index in [1.54, 1.807) is 12.3 Å². The lowest BCUT2D eigenvalue weighted by Crippen LogP contribution is -2.30. The molecule has 5 heterocycles. The lowest BCUT2D eigenvalue weighted by Gasteiger charge is -2.14. The molecule has 67 heavy (non-hydrogen) atoms. The molecule has 3 aromatic heterocycles. The van der Waals surface area contributed by atoms with Crippen molar-refractivity contribution in [2.45, 2.75) is 96.4 Å². The molecule has 20 heteroatoms. The summed E-state index contributed by atoms with van der Waals surface area (Å²) in [6.45, 7) is 0.251. The van der Waals surface area contributed by atoms with E-state index in [-0.39, 0.29) is 102 Å². The van der Waals surface area contributed by atoms with Crippen molar-refractivity contribution < 1.29 is 71.5 Å². The number of nitrogens with one attached hydrogen (secondary N) is 4. The number of rotatable bonds is 23. The van der Waals surface area contributed by atoms with Crippen molar-refractivity contribution in [1.29, 1.82) is 0 Å². The van der Waals surface area contributed by atoms with Crippen LogP contribution in [0.4, 0.5) is 0 Å². The highest BCUT2D eigenvalue weighted by atomic mass is 16.5. The summed E-state index contributed by atoms with van der Waals surface area (Å²) in [4.78, 5) is 116. The molecule has 5 rings (SSSR count). The molecule has 1 amide bonds. The standard InChI is InChI=1S/C47H57N5O15/c1-61-41(54)12-8-25-23-48-33(29(25)17-45(58)65-5)20-34-27(10-14-43(56)63-3)31(18-46(59)66-6)37(50-34)21-35-28(11-15-44(57)64-4)32(19-47(60)67-7)38(51-35)22-36-26(9-13-42(55)62-2)30-16-40(53)49-24-39(30)52-36/h20,23,50-52H,8-19,21-22,24H2,1-7H3,(H,49,53)/b33-20+. The highest BCUT2D eigenvalue weighted by Crippen LogP contribution is 2.35. The summed E-state index contributed by atoms with van der Waals surface area (Å²) >= 11 is 0. The summed E-state index contributed by atoms with van der Waals surface area (Å²) in [5.41, 5.74) is 8.88. The first-order chi connectivity index (χ1) is 32.2. The number of nitrogens with zero attached hydrogens (tertiary/aromatic N) is 1. The third-order valence-corrected chi connectivity index (χ3v) is 11.9. The number of carbonyl (C=O) groups excluding carboxylic acids is 8. The van der Waals surface area contributed by atoms with Crippen LogP contribution in [0.2, 0.25) is 0 Å². The Morgan fingerprint density at radius 2 is 0.985 bits per heavy atom. The van der Waals surface area contributed by atoms with Gasteiger partial charge in [-0.2, -0.15) is 0 Å². The molecule has 0 saturated carbocycles. The SMILES string of the molecule is COC(=O)CCC1=C(CC(=O)OC)/C(=C\c2[nH]c(Cc3[nH]c(Cc4[nH]c5c(c4CCC(=O)OC)CC(=O)NC5)c(CC(=O)OC)c3CCC(=O)OC)c(CC(=O)OC)c2CCC(=O)OC)N=C1. The topological polar surface area (TPSA) is 273 Å². The number of aromatic nitrogens is 3. The van der Waals surface area contributed by atoms with Crippen molar-refractivity contribution >= 4 is 60.0 Å². The Hall–Kier alpha value is -7.25. The zero-order chi connectivity index (χ0) is 48.8. The third-order valence-electron chi connectivity index (χ3n) is 11.9. The Labute approximate surface area is 386 Å². The minimum Gasteiger partial charge on any atom is -0.469 e. The average molecular weight is 932 g/mol. The van der Waals surface area contributed by atoms with Crippen molar-refractivity contribution in [3.63, 3.8) is 0 Å². The molecule has 0 unspecified atom stereocenters. The molecule has 0 atom stereocenters. The second-order valence-corrected chi connectivity index (χ2v) is 15.7. The van der Waals surface area contributed by atoms with Crippen molar-refractivity contribution in [2.75, 3.05) is 49.8 Å². The molecule has 0 radical (unpaired) electrons. The maximum Gasteiger partial charge on any atom is 0.310 e. The largest absolute Gasteiger partial charge is 0.469 e. The van der Waals surface area contributed by atoms with Crippen molar-refractivity contribution in [1.82, 2.24) is 20.3 Å². The number of carbonyl (C=O) groups is 8. The zero-order valence-electron chi connectivity index (χ0n) is 38.8. The predicted molar refractivity (Wildman–Crippen MR) is 237 cm³/mol. The first-order valence-electron chi connectivity index (χ1n) is 21.5. The van der Waals surface area contributed by atoms with Crippen LogP contribution in [0.1, 0.15) is 106 Å². The molecule has 4 N–H and O–H groups in total. The summed E-state index contributed by atoms with van der Waals surface area (Å²) < 4.78 is 35.0. The number of amides is 1. The third kappa shape index (κ3) is 13.0. The van der Waals surface area contributed by atoms with E-state index >= 15 is 0 Å². The van der Waals surface area contributed by atoms with E-state index in [4.69, 9.17) is 33.2 Å². The smallest absolute Gasteiger partial charge is 0.310 e. The van der Waals surface area contributed by atoms with Crippen LogP contribution in [-0.2, 0) is 129 Å². The van der Waals surface area contributed by atoms with Gasteiger partial charge in [0.25, 0.3) is 0 Å². The summed E-state index contributed by atoms with van der Waals surface area (Å²) in [7, 11) is 8.90. The van der Waals surface area contributed by atoms with Gasteiger partial charge in [-0.3, -0.25) is 43.3 Å². The Morgan fingerprint density at radius 1 is 0.537 bits per heavy atom. The van der Waals surface area contributed by atoms with Gasteiger partial charge in [0, 0.05) is 78.9 Å². The lowest BCUT2D eigenvalue weighted by atomic mass is 9.94. The van der Waals surface area contributed by atoms with Crippen LogP contribution in [0, 0.1) is 0 Å². The van der Waals surface area contributed by atoms with Crippen molar-refractivity contribution in [3.8, 4) is 0 Å². The monoisotopic (exact) mass is 931 g/mol. The zero-order valence-corrected chi connectivity index (χ0v) is 38.8. The maximum atomic E-state index is 13.2. The molecule has 360 valence electrons. The second kappa shape index (κ2) is 23.8. The average Bonchev–Trinajstić information content (AvgIpc) is 4.06. The maximum absolute atomic E-state index is 13.2. The molecule has 0 fully saturated rings. The van der Waals surface area contributed by atoms with Gasteiger partial charge >= 0.3 is 41.8 Å². The fourth-order valence-electron chi connectivity index (χ4n) is 8.35. The van der Waals surface area contributed by atoms with E-state index < -0.39 is 41.8 Å². The van der Waals surface area contributed by atoms with E-state index in [1.165, 1.54) is 49.8 Å². The number of hydrogen-bond acceptors (Lipinski definition) is 16. The number of fused-ring (bicyclic) bond motifs is 1. The number of esters is 7. The molecular formula is C47H57N5O15. The molecule has 0 bridgehead atoms. The highest BCUT2D eigenvalue weighted by Gasteiger charge is 2.30. The summed E-state index contributed by atoms with van der Waals surface area (Å²) in [5, 5.41) is 2.85. The van der Waals surface area contributed by atoms with Crippen LogP contribution in [0.25, 0.3) is 6.08 Å². The fraction of sp³-hybridized carbons (Fsp3) is 0.468. The second-order valence-electron chi connectivity index (χ2n) is 15.7. The van der Waals surface area contributed by atoms with E-state index in [9.17, 15) is 38.4 Å². The Morgan fingerprint density at radius 3 is 1.54 bits per heavy atom. The van der Waals surface area contributed by atoms with E-state index in [0.717, 1.165) is 16.8 Å². The number of hydrogen-bond donors (Lipinski definition) is 4. The number of ether oxygens (including phenoxy) is 7. The van der Waals surface area contributed by atoms with Crippen LogP contribution < -0.4 is 5.32 Å². The molecule has 2 aliphatic heterocycles. The van der Waals surface area contributed by atoms with Crippen LogP contribution in [-0.4, -0.2) is 119 Å². The highest BCUT2D eigenvalue weighted by molar-refractivity contribution is 5.92. The first-order valence-corrected chi connectivity index (χ1v) is 21.5. The van der Waals surface area contributed by atoms with Gasteiger partial charge in [-0.1, -0.05) is 0 Å². The summed E-state index contributed by atoms with van der Waals surface area (Å²) in [5.74, 6) is -3.73. The first kappa shape index (κ1) is 50.7. The number of aliphatic imine (C=N–C) groups is 1. The van der Waals surface area contributed by atoms with E-state index in [2.05, 4.69) is 25.3 Å². The van der Waals surface area contributed by atoms with Crippen LogP contribution in [0.15, 0.2) is 21.8 Å². The van der Waals surface area contributed by atoms with Gasteiger partial charge < -0.3 is 53.4 Å². The van der Waals surface area contributed by atoms with Crippen LogP contribution in [0.3, 0.4) is 0 Å². The normalized spacial score (nSPS) is 13.5. The molecule has 0 saturated heterocycles.